The zero-order valence-electron chi connectivity index (χ0n) is 12.9. The summed E-state index contributed by atoms with van der Waals surface area (Å²) in [6.45, 7) is 1.61. The standard InChI is InChI=1S/C18H14FN3O2/c1-3-13-6-4-5-7-16(13)23-11-15-9-8-14(10-20-15)18-22-21-17(24-18)12(2)19/h1,4-10,12H,11H2,2H3. The predicted octanol–water partition coefficient (Wildman–Crippen LogP) is 3.72. The van der Waals surface area contributed by atoms with Gasteiger partial charge in [-0.1, -0.05) is 18.1 Å². The van der Waals surface area contributed by atoms with Gasteiger partial charge in [0.25, 0.3) is 5.89 Å². The molecule has 0 amide bonds. The molecule has 0 saturated carbocycles. The van der Waals surface area contributed by atoms with Gasteiger partial charge in [-0.05, 0) is 31.2 Å². The molecule has 3 aromatic rings. The Kier molecular flexibility index (Phi) is 4.52. The Balaban J connectivity index is 1.69. The van der Waals surface area contributed by atoms with Gasteiger partial charge < -0.3 is 9.15 Å². The summed E-state index contributed by atoms with van der Waals surface area (Å²) in [7, 11) is 0. The molecule has 2 heterocycles. The van der Waals surface area contributed by atoms with Crippen molar-refractivity contribution < 1.29 is 13.5 Å². The molecule has 2 aromatic heterocycles. The highest BCUT2D eigenvalue weighted by Crippen LogP contribution is 2.22. The van der Waals surface area contributed by atoms with E-state index in [4.69, 9.17) is 15.6 Å². The van der Waals surface area contributed by atoms with Gasteiger partial charge in [0.2, 0.25) is 5.89 Å². The summed E-state index contributed by atoms with van der Waals surface area (Å²) in [6.07, 6.45) is 5.70. The van der Waals surface area contributed by atoms with E-state index in [2.05, 4.69) is 21.1 Å². The Hall–Kier alpha value is -3.20. The summed E-state index contributed by atoms with van der Waals surface area (Å²) < 4.78 is 24.0. The summed E-state index contributed by atoms with van der Waals surface area (Å²) in [6, 6.07) is 10.9. The third-order valence-electron chi connectivity index (χ3n) is 3.27. The van der Waals surface area contributed by atoms with Crippen LogP contribution in [-0.4, -0.2) is 15.2 Å². The summed E-state index contributed by atoms with van der Waals surface area (Å²) in [5, 5.41) is 7.45. The molecule has 5 nitrogen and oxygen atoms in total. The molecule has 0 aliphatic carbocycles. The third kappa shape index (κ3) is 3.41. The smallest absolute Gasteiger partial charge is 0.250 e. The van der Waals surface area contributed by atoms with E-state index in [0.29, 0.717) is 22.6 Å². The fourth-order valence-electron chi connectivity index (χ4n) is 2.01. The molecule has 1 aromatic carbocycles. The minimum Gasteiger partial charge on any atom is -0.486 e. The number of ether oxygens (including phenoxy) is 1. The van der Waals surface area contributed by atoms with E-state index in [0.717, 1.165) is 0 Å². The molecule has 3 rings (SSSR count). The zero-order chi connectivity index (χ0) is 16.9. The van der Waals surface area contributed by atoms with Gasteiger partial charge in [0.1, 0.15) is 12.4 Å². The molecular weight excluding hydrogens is 309 g/mol. The van der Waals surface area contributed by atoms with Crippen LogP contribution in [0.5, 0.6) is 5.75 Å². The lowest BCUT2D eigenvalue weighted by Gasteiger charge is -2.07. The van der Waals surface area contributed by atoms with Crippen LogP contribution in [0.15, 0.2) is 47.0 Å². The van der Waals surface area contributed by atoms with Gasteiger partial charge in [0.15, 0.2) is 6.17 Å². The van der Waals surface area contributed by atoms with Crippen molar-refractivity contribution >= 4 is 0 Å². The normalized spacial score (nSPS) is 11.7. The van der Waals surface area contributed by atoms with Gasteiger partial charge in [-0.3, -0.25) is 4.98 Å². The van der Waals surface area contributed by atoms with E-state index in [1.165, 1.54) is 6.92 Å². The fourth-order valence-corrected chi connectivity index (χ4v) is 2.01. The first kappa shape index (κ1) is 15.7. The molecular formula is C18H14FN3O2. The van der Waals surface area contributed by atoms with Crippen molar-refractivity contribution in [2.45, 2.75) is 19.7 Å². The van der Waals surface area contributed by atoms with E-state index in [9.17, 15) is 4.39 Å². The van der Waals surface area contributed by atoms with Crippen molar-refractivity contribution in [3.63, 3.8) is 0 Å². The van der Waals surface area contributed by atoms with Crippen LogP contribution in [0.4, 0.5) is 4.39 Å². The number of terminal acetylenes is 1. The number of rotatable bonds is 5. The van der Waals surface area contributed by atoms with E-state index >= 15 is 0 Å². The Morgan fingerprint density at radius 2 is 2.08 bits per heavy atom. The summed E-state index contributed by atoms with van der Waals surface area (Å²) >= 11 is 0. The summed E-state index contributed by atoms with van der Waals surface area (Å²) in [5.41, 5.74) is 2.01. The minimum atomic E-state index is -1.30. The molecule has 1 unspecified atom stereocenters. The van der Waals surface area contributed by atoms with Crippen molar-refractivity contribution in [2.24, 2.45) is 0 Å². The third-order valence-corrected chi connectivity index (χ3v) is 3.27. The lowest BCUT2D eigenvalue weighted by molar-refractivity contribution is 0.300. The molecule has 0 aliphatic rings. The fraction of sp³-hybridized carbons (Fsp3) is 0.167. The summed E-state index contributed by atoms with van der Waals surface area (Å²) in [5.74, 6) is 3.38. The second kappa shape index (κ2) is 6.92. The highest BCUT2D eigenvalue weighted by atomic mass is 19.1. The van der Waals surface area contributed by atoms with Gasteiger partial charge in [-0.25, -0.2) is 4.39 Å². The second-order valence-electron chi connectivity index (χ2n) is 5.03. The number of pyridine rings is 1. The van der Waals surface area contributed by atoms with Crippen LogP contribution in [0, 0.1) is 12.3 Å². The number of alkyl halides is 1. The van der Waals surface area contributed by atoms with Crippen molar-refractivity contribution in [2.75, 3.05) is 0 Å². The molecule has 0 N–H and O–H groups in total. The first-order chi connectivity index (χ1) is 11.7. The first-order valence-corrected chi connectivity index (χ1v) is 7.28. The Morgan fingerprint density at radius 1 is 1.25 bits per heavy atom. The number of hydrogen-bond donors (Lipinski definition) is 0. The van der Waals surface area contributed by atoms with E-state index < -0.39 is 6.17 Å². The molecule has 1 atom stereocenters. The Labute approximate surface area is 138 Å². The van der Waals surface area contributed by atoms with Crippen LogP contribution in [0.25, 0.3) is 11.5 Å². The average molecular weight is 323 g/mol. The van der Waals surface area contributed by atoms with E-state index in [-0.39, 0.29) is 18.4 Å². The first-order valence-electron chi connectivity index (χ1n) is 7.28. The molecule has 0 spiro atoms. The number of benzene rings is 1. The monoisotopic (exact) mass is 323 g/mol. The second-order valence-corrected chi connectivity index (χ2v) is 5.03. The van der Waals surface area contributed by atoms with E-state index in [1.807, 2.05) is 24.3 Å². The van der Waals surface area contributed by atoms with Crippen LogP contribution < -0.4 is 4.74 Å². The van der Waals surface area contributed by atoms with Gasteiger partial charge in [0.05, 0.1) is 16.8 Å². The van der Waals surface area contributed by atoms with Gasteiger partial charge in [0, 0.05) is 6.20 Å². The van der Waals surface area contributed by atoms with E-state index in [1.54, 1.807) is 18.3 Å². The SMILES string of the molecule is C#Cc1ccccc1OCc1ccc(-c2nnc(C(C)F)o2)cn1. The maximum Gasteiger partial charge on any atom is 0.250 e. The van der Waals surface area contributed by atoms with Gasteiger partial charge in [-0.2, -0.15) is 0 Å². The molecule has 0 fully saturated rings. The molecule has 0 radical (unpaired) electrons. The molecule has 24 heavy (non-hydrogen) atoms. The van der Waals surface area contributed by atoms with Crippen molar-refractivity contribution in [1.82, 2.24) is 15.2 Å². The summed E-state index contributed by atoms with van der Waals surface area (Å²) in [4.78, 5) is 4.28. The number of halogens is 1. The van der Waals surface area contributed by atoms with Crippen LogP contribution in [0.1, 0.15) is 30.2 Å². The largest absolute Gasteiger partial charge is 0.486 e. The molecule has 0 bridgehead atoms. The van der Waals surface area contributed by atoms with Gasteiger partial charge in [-0.15, -0.1) is 16.6 Å². The average Bonchev–Trinajstić information content (AvgIpc) is 3.11. The van der Waals surface area contributed by atoms with Crippen LogP contribution >= 0.6 is 0 Å². The number of hydrogen-bond acceptors (Lipinski definition) is 5. The van der Waals surface area contributed by atoms with Gasteiger partial charge >= 0.3 is 0 Å². The minimum absolute atomic E-state index is 0.0525. The van der Waals surface area contributed by atoms with Crippen LogP contribution in [0.2, 0.25) is 0 Å². The topological polar surface area (TPSA) is 61.0 Å². The van der Waals surface area contributed by atoms with Crippen molar-refractivity contribution in [3.8, 4) is 29.5 Å². The molecule has 0 saturated heterocycles. The lowest BCUT2D eigenvalue weighted by Crippen LogP contribution is -1.99. The maximum atomic E-state index is 13.1. The molecule has 120 valence electrons. The maximum absolute atomic E-state index is 13.1. The quantitative estimate of drug-likeness (QED) is 0.670. The van der Waals surface area contributed by atoms with Crippen molar-refractivity contribution in [3.05, 3.63) is 59.7 Å². The Bertz CT molecular complexity index is 866. The highest BCUT2D eigenvalue weighted by molar-refractivity contribution is 5.50. The van der Waals surface area contributed by atoms with Crippen molar-refractivity contribution in [1.29, 1.82) is 0 Å². The zero-order valence-corrected chi connectivity index (χ0v) is 12.9. The number of para-hydroxylation sites is 1. The molecule has 6 heteroatoms. The highest BCUT2D eigenvalue weighted by Gasteiger charge is 2.14. The van der Waals surface area contributed by atoms with Crippen LogP contribution in [-0.2, 0) is 6.61 Å². The van der Waals surface area contributed by atoms with Crippen LogP contribution in [0.3, 0.4) is 0 Å². The Morgan fingerprint density at radius 3 is 2.75 bits per heavy atom. The number of nitrogens with zero attached hydrogens (tertiary/aromatic N) is 3. The molecule has 0 aliphatic heterocycles. The predicted molar refractivity (Wildman–Crippen MR) is 85.8 cm³/mol. The number of aromatic nitrogens is 3. The lowest BCUT2D eigenvalue weighted by atomic mass is 10.2.